The van der Waals surface area contributed by atoms with E-state index in [0.717, 1.165) is 29.5 Å². The van der Waals surface area contributed by atoms with Gasteiger partial charge < -0.3 is 5.11 Å². The molecule has 1 aliphatic carbocycles. The lowest BCUT2D eigenvalue weighted by Gasteiger charge is -2.42. The van der Waals surface area contributed by atoms with Gasteiger partial charge >= 0.3 is 5.97 Å². The van der Waals surface area contributed by atoms with E-state index in [1.54, 1.807) is 31.5 Å². The second-order valence-corrected chi connectivity index (χ2v) is 10.6. The Morgan fingerprint density at radius 1 is 0.971 bits per heavy atom. The first-order valence-corrected chi connectivity index (χ1v) is 11.7. The van der Waals surface area contributed by atoms with Crippen LogP contribution >= 0.6 is 0 Å². The average Bonchev–Trinajstić information content (AvgIpc) is 3.25. The van der Waals surface area contributed by atoms with Gasteiger partial charge in [-0.15, -0.1) is 0 Å². The minimum Gasteiger partial charge on any atom is -0.478 e. The van der Waals surface area contributed by atoms with Crippen molar-refractivity contribution in [1.29, 1.82) is 0 Å². The van der Waals surface area contributed by atoms with E-state index in [0.29, 0.717) is 12.1 Å². The fourth-order valence-electron chi connectivity index (χ4n) is 4.70. The maximum absolute atomic E-state index is 11.8. The molecule has 5 nitrogen and oxygen atoms in total. The molecule has 1 aliphatic rings. The summed E-state index contributed by atoms with van der Waals surface area (Å²) >= 11 is 0. The number of rotatable bonds is 6. The molecular formula is C29H32N2O3. The minimum absolute atomic E-state index is 0.00417. The van der Waals surface area contributed by atoms with Gasteiger partial charge in [0.05, 0.1) is 23.9 Å². The number of carbonyl (C=O) groups is 2. The quantitative estimate of drug-likeness (QED) is 0.346. The lowest BCUT2D eigenvalue weighted by Crippen LogP contribution is -2.34. The fraction of sp³-hybridized carbons (Fsp3) is 0.345. The first-order valence-electron chi connectivity index (χ1n) is 11.7. The van der Waals surface area contributed by atoms with E-state index >= 15 is 0 Å². The first kappa shape index (κ1) is 23.7. The smallest absolute Gasteiger partial charge is 0.335 e. The zero-order chi connectivity index (χ0) is 24.7. The monoisotopic (exact) mass is 456 g/mol. The third kappa shape index (κ3) is 4.74. The number of Topliss-reactive ketones (excluding diaryl/α,β-unsaturated/α-hetero) is 1. The number of benzene rings is 2. The third-order valence-electron chi connectivity index (χ3n) is 7.10. The molecule has 0 saturated carbocycles. The van der Waals surface area contributed by atoms with Crippen molar-refractivity contribution in [1.82, 2.24) is 9.78 Å². The van der Waals surface area contributed by atoms with E-state index in [-0.39, 0.29) is 22.2 Å². The van der Waals surface area contributed by atoms with Crippen LogP contribution in [-0.2, 0) is 17.4 Å². The lowest BCUT2D eigenvalue weighted by atomic mass is 9.62. The zero-order valence-corrected chi connectivity index (χ0v) is 20.6. The van der Waals surface area contributed by atoms with Gasteiger partial charge in [-0.1, -0.05) is 64.1 Å². The van der Waals surface area contributed by atoms with Crippen molar-refractivity contribution in [3.63, 3.8) is 0 Å². The minimum atomic E-state index is -0.929. The van der Waals surface area contributed by atoms with Crippen molar-refractivity contribution in [3.05, 3.63) is 87.7 Å². The van der Waals surface area contributed by atoms with Crippen LogP contribution in [0.15, 0.2) is 48.8 Å². The highest BCUT2D eigenvalue weighted by molar-refractivity contribution is 5.93. The van der Waals surface area contributed by atoms with Crippen molar-refractivity contribution in [2.45, 2.75) is 64.8 Å². The van der Waals surface area contributed by atoms with E-state index in [1.807, 2.05) is 22.9 Å². The Morgan fingerprint density at radius 3 is 2.15 bits per heavy atom. The van der Waals surface area contributed by atoms with Crippen LogP contribution in [0.5, 0.6) is 0 Å². The molecular weight excluding hydrogens is 424 g/mol. The molecule has 4 rings (SSSR count). The molecule has 0 radical (unpaired) electrons. The predicted molar refractivity (Wildman–Crippen MR) is 135 cm³/mol. The summed E-state index contributed by atoms with van der Waals surface area (Å²) in [7, 11) is 0. The SMILES string of the molecule is CC(=O)c1cnn(Cc2cc3c(cc2/C=C/c2ccc(C(=O)O)cc2)C(C)(C)CCC3(C)C)c1. The summed E-state index contributed by atoms with van der Waals surface area (Å²) in [6, 6.07) is 11.5. The van der Waals surface area contributed by atoms with Crippen LogP contribution in [-0.4, -0.2) is 26.6 Å². The van der Waals surface area contributed by atoms with Crippen LogP contribution in [0.4, 0.5) is 0 Å². The highest BCUT2D eigenvalue weighted by atomic mass is 16.4. The Bertz CT molecular complexity index is 1280. The van der Waals surface area contributed by atoms with E-state index in [1.165, 1.54) is 11.1 Å². The van der Waals surface area contributed by atoms with Crippen molar-refractivity contribution in [2.75, 3.05) is 0 Å². The molecule has 1 N–H and O–H groups in total. The van der Waals surface area contributed by atoms with E-state index in [9.17, 15) is 9.59 Å². The zero-order valence-electron chi connectivity index (χ0n) is 20.6. The van der Waals surface area contributed by atoms with Crippen LogP contribution in [0.3, 0.4) is 0 Å². The number of hydrogen-bond donors (Lipinski definition) is 1. The number of carboxylic acids is 1. The molecule has 0 amide bonds. The second-order valence-electron chi connectivity index (χ2n) is 10.6. The molecule has 0 spiro atoms. The number of aromatic carboxylic acids is 1. The third-order valence-corrected chi connectivity index (χ3v) is 7.10. The van der Waals surface area contributed by atoms with Crippen molar-refractivity contribution >= 4 is 23.9 Å². The summed E-state index contributed by atoms with van der Waals surface area (Å²) in [4.78, 5) is 22.9. The van der Waals surface area contributed by atoms with Crippen molar-refractivity contribution < 1.29 is 14.7 Å². The summed E-state index contributed by atoms with van der Waals surface area (Å²) < 4.78 is 1.82. The molecule has 1 aromatic heterocycles. The highest BCUT2D eigenvalue weighted by Crippen LogP contribution is 2.46. The molecule has 0 unspecified atom stereocenters. The predicted octanol–water partition coefficient (Wildman–Crippen LogP) is 6.35. The highest BCUT2D eigenvalue weighted by Gasteiger charge is 2.37. The maximum atomic E-state index is 11.8. The Labute approximate surface area is 201 Å². The van der Waals surface area contributed by atoms with Crippen LogP contribution in [0.25, 0.3) is 12.2 Å². The number of hydrogen-bond acceptors (Lipinski definition) is 3. The van der Waals surface area contributed by atoms with Gasteiger partial charge in [-0.25, -0.2) is 4.79 Å². The van der Waals surface area contributed by atoms with Gasteiger partial charge in [0.25, 0.3) is 0 Å². The fourth-order valence-corrected chi connectivity index (χ4v) is 4.70. The topological polar surface area (TPSA) is 72.2 Å². The van der Waals surface area contributed by atoms with Gasteiger partial charge in [0.15, 0.2) is 5.78 Å². The Morgan fingerprint density at radius 2 is 1.59 bits per heavy atom. The lowest BCUT2D eigenvalue weighted by molar-refractivity contribution is 0.0696. The summed E-state index contributed by atoms with van der Waals surface area (Å²) in [5, 5.41) is 13.6. The van der Waals surface area contributed by atoms with Crippen LogP contribution < -0.4 is 0 Å². The number of nitrogens with zero attached hydrogens (tertiary/aromatic N) is 2. The number of ketones is 1. The summed E-state index contributed by atoms with van der Waals surface area (Å²) in [6.45, 7) is 11.4. The Balaban J connectivity index is 1.78. The Kier molecular flexibility index (Phi) is 6.07. The van der Waals surface area contributed by atoms with E-state index in [2.05, 4.69) is 51.0 Å². The van der Waals surface area contributed by atoms with Gasteiger partial charge in [0.2, 0.25) is 0 Å². The summed E-state index contributed by atoms with van der Waals surface area (Å²) in [5.74, 6) is -0.925. The molecule has 1 heterocycles. The van der Waals surface area contributed by atoms with Gasteiger partial charge in [0, 0.05) is 6.20 Å². The average molecular weight is 457 g/mol. The van der Waals surface area contributed by atoms with Gasteiger partial charge in [-0.3, -0.25) is 9.48 Å². The Hall–Kier alpha value is -3.47. The van der Waals surface area contributed by atoms with Crippen LogP contribution in [0.2, 0.25) is 0 Å². The van der Waals surface area contributed by atoms with Gasteiger partial charge in [-0.05, 0) is 70.5 Å². The molecule has 0 bridgehead atoms. The normalized spacial score (nSPS) is 16.4. The van der Waals surface area contributed by atoms with Crippen LogP contribution in [0.1, 0.15) is 96.0 Å². The molecule has 0 atom stereocenters. The molecule has 34 heavy (non-hydrogen) atoms. The molecule has 0 saturated heterocycles. The standard InChI is InChI=1S/C29H32N2O3/c1-19(32)24-16-30-31(18-24)17-23-15-26-25(28(2,3)12-13-29(26,4)5)14-22(23)11-8-20-6-9-21(10-7-20)27(33)34/h6-11,14-16,18H,12-13,17H2,1-5H3,(H,33,34)/b11-8+. The summed E-state index contributed by atoms with van der Waals surface area (Å²) in [6.07, 6.45) is 9.80. The molecule has 3 aromatic rings. The summed E-state index contributed by atoms with van der Waals surface area (Å²) in [5.41, 5.74) is 6.98. The number of carbonyl (C=O) groups excluding carboxylic acids is 1. The van der Waals surface area contributed by atoms with Crippen molar-refractivity contribution in [3.8, 4) is 0 Å². The molecule has 5 heteroatoms. The van der Waals surface area contributed by atoms with Gasteiger partial charge in [-0.2, -0.15) is 5.10 Å². The number of carboxylic acid groups (broad SMARTS) is 1. The van der Waals surface area contributed by atoms with Crippen LogP contribution in [0, 0.1) is 0 Å². The molecule has 176 valence electrons. The molecule has 2 aromatic carbocycles. The second kappa shape index (κ2) is 8.71. The number of aromatic nitrogens is 2. The van der Waals surface area contributed by atoms with Gasteiger partial charge in [0.1, 0.15) is 0 Å². The first-order chi connectivity index (χ1) is 16.0. The molecule has 0 aliphatic heterocycles. The van der Waals surface area contributed by atoms with E-state index in [4.69, 9.17) is 5.11 Å². The largest absolute Gasteiger partial charge is 0.478 e. The molecule has 0 fully saturated rings. The van der Waals surface area contributed by atoms with Crippen molar-refractivity contribution in [2.24, 2.45) is 0 Å². The number of fused-ring (bicyclic) bond motifs is 1. The maximum Gasteiger partial charge on any atom is 0.335 e. The van der Waals surface area contributed by atoms with E-state index < -0.39 is 5.97 Å².